The number of benzene rings is 3. The van der Waals surface area contributed by atoms with Gasteiger partial charge in [0.1, 0.15) is 5.75 Å². The van der Waals surface area contributed by atoms with Gasteiger partial charge in [0.2, 0.25) is 0 Å². The van der Waals surface area contributed by atoms with Crippen LogP contribution in [0.4, 0.5) is 0 Å². The van der Waals surface area contributed by atoms with Gasteiger partial charge in [0.05, 0.1) is 0 Å². The Bertz CT molecular complexity index is 777. The molecule has 0 aliphatic heterocycles. The Morgan fingerprint density at radius 2 is 1.68 bits per heavy atom. The van der Waals surface area contributed by atoms with Gasteiger partial charge < -0.3 is 10.4 Å². The highest BCUT2D eigenvalue weighted by atomic mass is 16.3. The zero-order valence-corrected chi connectivity index (χ0v) is 13.0. The van der Waals surface area contributed by atoms with Crippen molar-refractivity contribution < 1.29 is 5.11 Å². The molecule has 1 atom stereocenters. The van der Waals surface area contributed by atoms with E-state index in [1.165, 1.54) is 11.1 Å². The van der Waals surface area contributed by atoms with Crippen LogP contribution in [0.3, 0.4) is 0 Å². The lowest BCUT2D eigenvalue weighted by atomic mass is 10.0. The monoisotopic (exact) mass is 291 g/mol. The molecule has 2 nitrogen and oxygen atoms in total. The lowest BCUT2D eigenvalue weighted by molar-refractivity contribution is 0.458. The highest BCUT2D eigenvalue weighted by Gasteiger charge is 2.12. The Morgan fingerprint density at radius 1 is 0.955 bits per heavy atom. The molecule has 0 aliphatic carbocycles. The second kappa shape index (κ2) is 6.20. The minimum Gasteiger partial charge on any atom is -0.507 e. The molecule has 0 fully saturated rings. The molecule has 0 radical (unpaired) electrons. The van der Waals surface area contributed by atoms with Crippen molar-refractivity contribution >= 4 is 10.8 Å². The fourth-order valence-electron chi connectivity index (χ4n) is 2.71. The Balaban J connectivity index is 1.78. The van der Waals surface area contributed by atoms with E-state index in [0.29, 0.717) is 5.75 Å². The summed E-state index contributed by atoms with van der Waals surface area (Å²) in [5, 5.41) is 16.0. The average molecular weight is 291 g/mol. The van der Waals surface area contributed by atoms with Crippen LogP contribution >= 0.6 is 0 Å². The highest BCUT2D eigenvalue weighted by Crippen LogP contribution is 2.32. The maximum Gasteiger partial charge on any atom is 0.128 e. The van der Waals surface area contributed by atoms with Crippen molar-refractivity contribution in [3.8, 4) is 5.75 Å². The van der Waals surface area contributed by atoms with E-state index in [2.05, 4.69) is 49.5 Å². The van der Waals surface area contributed by atoms with Crippen molar-refractivity contribution in [2.45, 2.75) is 26.4 Å². The van der Waals surface area contributed by atoms with Crippen LogP contribution in [0.1, 0.15) is 29.7 Å². The molecule has 0 aliphatic rings. The van der Waals surface area contributed by atoms with E-state index >= 15 is 0 Å². The number of aromatic hydroxyl groups is 1. The van der Waals surface area contributed by atoms with Crippen LogP contribution in [0.5, 0.6) is 5.75 Å². The lowest BCUT2D eigenvalue weighted by Crippen LogP contribution is -2.18. The molecule has 22 heavy (non-hydrogen) atoms. The normalized spacial score (nSPS) is 12.5. The molecule has 0 aromatic heterocycles. The predicted octanol–water partition coefficient (Wildman–Crippen LogP) is 4.70. The summed E-state index contributed by atoms with van der Waals surface area (Å²) in [6.45, 7) is 4.96. The minimum absolute atomic E-state index is 0.0888. The molecule has 0 heterocycles. The third-order valence-electron chi connectivity index (χ3n) is 4.13. The number of phenolic OH excluding ortho intramolecular Hbond substituents is 1. The van der Waals surface area contributed by atoms with Gasteiger partial charge in [-0.15, -0.1) is 0 Å². The first-order valence-corrected chi connectivity index (χ1v) is 7.64. The number of rotatable bonds is 4. The number of aryl methyl sites for hydroxylation is 1. The summed E-state index contributed by atoms with van der Waals surface area (Å²) in [4.78, 5) is 0. The number of phenols is 1. The van der Waals surface area contributed by atoms with Crippen molar-refractivity contribution in [1.29, 1.82) is 0 Å². The first-order valence-electron chi connectivity index (χ1n) is 7.64. The average Bonchev–Trinajstić information content (AvgIpc) is 2.55. The molecule has 0 saturated heterocycles. The quantitative estimate of drug-likeness (QED) is 0.730. The fourth-order valence-corrected chi connectivity index (χ4v) is 2.71. The molecular weight excluding hydrogens is 270 g/mol. The zero-order valence-electron chi connectivity index (χ0n) is 13.0. The molecule has 112 valence electrons. The van der Waals surface area contributed by atoms with Crippen LogP contribution in [0.25, 0.3) is 10.8 Å². The van der Waals surface area contributed by atoms with Gasteiger partial charge in [0.15, 0.2) is 0 Å². The molecule has 0 amide bonds. The van der Waals surface area contributed by atoms with Gasteiger partial charge in [-0.25, -0.2) is 0 Å². The first kappa shape index (κ1) is 14.6. The largest absolute Gasteiger partial charge is 0.507 e. The van der Waals surface area contributed by atoms with Gasteiger partial charge in [0.25, 0.3) is 0 Å². The van der Waals surface area contributed by atoms with Crippen molar-refractivity contribution in [1.82, 2.24) is 5.32 Å². The van der Waals surface area contributed by atoms with E-state index in [9.17, 15) is 5.11 Å². The number of hydrogen-bond acceptors (Lipinski definition) is 2. The van der Waals surface area contributed by atoms with Crippen LogP contribution in [0.2, 0.25) is 0 Å². The maximum atomic E-state index is 10.5. The van der Waals surface area contributed by atoms with Crippen LogP contribution < -0.4 is 5.32 Å². The van der Waals surface area contributed by atoms with E-state index in [1.807, 2.05) is 30.3 Å². The van der Waals surface area contributed by atoms with Gasteiger partial charge in [-0.3, -0.25) is 0 Å². The lowest BCUT2D eigenvalue weighted by Gasteiger charge is -2.17. The molecule has 1 unspecified atom stereocenters. The molecule has 0 spiro atoms. The molecule has 0 saturated carbocycles. The summed E-state index contributed by atoms with van der Waals surface area (Å²) >= 11 is 0. The van der Waals surface area contributed by atoms with Crippen LogP contribution in [0, 0.1) is 6.92 Å². The first-order chi connectivity index (χ1) is 10.6. The van der Waals surface area contributed by atoms with Gasteiger partial charge in [-0.2, -0.15) is 0 Å². The summed E-state index contributed by atoms with van der Waals surface area (Å²) in [5.74, 6) is 0.377. The van der Waals surface area contributed by atoms with Crippen LogP contribution in [-0.2, 0) is 6.54 Å². The second-order valence-corrected chi connectivity index (χ2v) is 5.81. The number of fused-ring (bicyclic) bond motifs is 1. The Morgan fingerprint density at radius 3 is 2.45 bits per heavy atom. The standard InChI is InChI=1S/C20H21NO/c1-14-7-9-16(10-8-14)13-21-15(2)18-12-11-17-5-3-4-6-19(17)20(18)22/h3-12,15,21-22H,13H2,1-2H3. The van der Waals surface area contributed by atoms with Gasteiger partial charge >= 0.3 is 0 Å². The summed E-state index contributed by atoms with van der Waals surface area (Å²) in [6.07, 6.45) is 0. The SMILES string of the molecule is Cc1ccc(CNC(C)c2ccc3ccccc3c2O)cc1. The molecule has 2 N–H and O–H groups in total. The summed E-state index contributed by atoms with van der Waals surface area (Å²) in [6, 6.07) is 20.6. The van der Waals surface area contributed by atoms with Gasteiger partial charge in [-0.05, 0) is 24.8 Å². The van der Waals surface area contributed by atoms with Crippen molar-refractivity contribution in [3.63, 3.8) is 0 Å². The van der Waals surface area contributed by atoms with E-state index in [4.69, 9.17) is 0 Å². The van der Waals surface area contributed by atoms with Crippen LogP contribution in [0.15, 0.2) is 60.7 Å². The van der Waals surface area contributed by atoms with Crippen molar-refractivity contribution in [3.05, 3.63) is 77.4 Å². The topological polar surface area (TPSA) is 32.3 Å². The van der Waals surface area contributed by atoms with Gasteiger partial charge in [0, 0.05) is 23.5 Å². The van der Waals surface area contributed by atoms with Gasteiger partial charge in [-0.1, -0.05) is 66.2 Å². The molecule has 2 heteroatoms. The summed E-state index contributed by atoms with van der Waals surface area (Å²) < 4.78 is 0. The number of hydrogen-bond donors (Lipinski definition) is 2. The van der Waals surface area contributed by atoms with Crippen molar-refractivity contribution in [2.75, 3.05) is 0 Å². The number of nitrogens with one attached hydrogen (secondary N) is 1. The van der Waals surface area contributed by atoms with E-state index in [0.717, 1.165) is 22.9 Å². The second-order valence-electron chi connectivity index (χ2n) is 5.81. The molecule has 3 aromatic carbocycles. The summed E-state index contributed by atoms with van der Waals surface area (Å²) in [7, 11) is 0. The smallest absolute Gasteiger partial charge is 0.128 e. The highest BCUT2D eigenvalue weighted by molar-refractivity contribution is 5.89. The third kappa shape index (κ3) is 2.97. The molecular formula is C20H21NO. The van der Waals surface area contributed by atoms with Crippen LogP contribution in [-0.4, -0.2) is 5.11 Å². The Hall–Kier alpha value is -2.32. The maximum absolute atomic E-state index is 10.5. The Labute approximate surface area is 131 Å². The molecule has 3 rings (SSSR count). The zero-order chi connectivity index (χ0) is 15.5. The third-order valence-corrected chi connectivity index (χ3v) is 4.13. The fraction of sp³-hybridized carbons (Fsp3) is 0.200. The predicted molar refractivity (Wildman–Crippen MR) is 92.0 cm³/mol. The molecule has 0 bridgehead atoms. The Kier molecular flexibility index (Phi) is 4.12. The van der Waals surface area contributed by atoms with E-state index in [-0.39, 0.29) is 6.04 Å². The van der Waals surface area contributed by atoms with E-state index < -0.39 is 0 Å². The van der Waals surface area contributed by atoms with E-state index in [1.54, 1.807) is 0 Å². The summed E-state index contributed by atoms with van der Waals surface area (Å²) in [5.41, 5.74) is 3.45. The molecule has 3 aromatic rings. The van der Waals surface area contributed by atoms with Crippen molar-refractivity contribution in [2.24, 2.45) is 0 Å². The minimum atomic E-state index is 0.0888.